The molecule has 11 heteroatoms. The number of likely N-dealkylation sites (tertiary alicyclic amines) is 1. The van der Waals surface area contributed by atoms with Crippen LogP contribution in [0.2, 0.25) is 0 Å². The topological polar surface area (TPSA) is 150 Å². The summed E-state index contributed by atoms with van der Waals surface area (Å²) < 4.78 is 13.8. The van der Waals surface area contributed by atoms with Crippen LogP contribution >= 0.6 is 0 Å². The third-order valence-corrected chi connectivity index (χ3v) is 9.25. The van der Waals surface area contributed by atoms with E-state index >= 15 is 0 Å². The molecular weight excluding hydrogens is 597 g/mol. The SMILES string of the molecule is CNC(=O)c1ccc2c(c1)CCc1cc(C(=O)NC)ccc1C2(C[C@H](C)NCC(=O)N1CCCC1C#N)C(=N)Nc1ccc(F)cc1. The van der Waals surface area contributed by atoms with Gasteiger partial charge in [0.2, 0.25) is 5.91 Å². The molecule has 244 valence electrons. The first kappa shape index (κ1) is 33.3. The standard InChI is InChI=1S/C36H40FN7O3/c1-22(42-21-32(45)44-16-4-5-29(44)20-38)19-36(35(39)43-28-12-10-27(37)11-13-28)30-14-8-25(33(46)40-2)17-23(30)6-7-24-18-26(34(47)41-3)9-15-31(24)36/h8-15,17-18,22,29,42H,4-7,16,19,21H2,1-3H3,(H2,39,43)(H,40,46)(H,41,47)/t22-,29?/m0/s1. The maximum absolute atomic E-state index is 13.8. The summed E-state index contributed by atoms with van der Waals surface area (Å²) in [6.45, 7) is 2.53. The van der Waals surface area contributed by atoms with E-state index in [4.69, 9.17) is 0 Å². The van der Waals surface area contributed by atoms with Gasteiger partial charge in [-0.1, -0.05) is 12.1 Å². The fourth-order valence-corrected chi connectivity index (χ4v) is 6.89. The van der Waals surface area contributed by atoms with Crippen molar-refractivity contribution in [1.29, 1.82) is 10.7 Å². The number of amides is 3. The molecule has 2 atom stereocenters. The molecule has 47 heavy (non-hydrogen) atoms. The number of hydrogen-bond donors (Lipinski definition) is 5. The van der Waals surface area contributed by atoms with E-state index < -0.39 is 17.3 Å². The summed E-state index contributed by atoms with van der Waals surface area (Å²) in [6.07, 6.45) is 2.89. The van der Waals surface area contributed by atoms with Crippen molar-refractivity contribution in [3.8, 4) is 6.07 Å². The first-order chi connectivity index (χ1) is 22.6. The average molecular weight is 638 g/mol. The Morgan fingerprint density at radius 3 is 2.09 bits per heavy atom. The number of nitrogens with one attached hydrogen (secondary N) is 5. The van der Waals surface area contributed by atoms with Gasteiger partial charge in [0.1, 0.15) is 17.7 Å². The minimum absolute atomic E-state index is 0.0269. The molecule has 1 heterocycles. The van der Waals surface area contributed by atoms with E-state index in [1.165, 1.54) is 12.1 Å². The summed E-state index contributed by atoms with van der Waals surface area (Å²) in [5.74, 6) is -0.885. The number of rotatable bonds is 9. The predicted molar refractivity (Wildman–Crippen MR) is 178 cm³/mol. The van der Waals surface area contributed by atoms with Gasteiger partial charge in [-0.05, 0) is 110 Å². The lowest BCUT2D eigenvalue weighted by Gasteiger charge is -2.39. The lowest BCUT2D eigenvalue weighted by molar-refractivity contribution is -0.130. The number of nitriles is 1. The lowest BCUT2D eigenvalue weighted by atomic mass is 9.67. The molecule has 0 radical (unpaired) electrons. The highest BCUT2D eigenvalue weighted by Crippen LogP contribution is 2.45. The van der Waals surface area contributed by atoms with Gasteiger partial charge in [0.05, 0.1) is 18.0 Å². The Balaban J connectivity index is 1.63. The van der Waals surface area contributed by atoms with Crippen molar-refractivity contribution in [1.82, 2.24) is 20.9 Å². The number of amidine groups is 1. The monoisotopic (exact) mass is 637 g/mol. The van der Waals surface area contributed by atoms with Gasteiger partial charge >= 0.3 is 0 Å². The predicted octanol–water partition coefficient (Wildman–Crippen LogP) is 3.90. The molecule has 0 spiro atoms. The summed E-state index contributed by atoms with van der Waals surface area (Å²) in [7, 11) is 3.15. The smallest absolute Gasteiger partial charge is 0.251 e. The molecule has 3 aromatic rings. The Bertz CT molecular complexity index is 1670. The van der Waals surface area contributed by atoms with Crippen molar-refractivity contribution < 1.29 is 18.8 Å². The molecule has 2 aliphatic rings. The van der Waals surface area contributed by atoms with Crippen molar-refractivity contribution in [3.05, 3.63) is 99.9 Å². The maximum atomic E-state index is 13.8. The van der Waals surface area contributed by atoms with Crippen LogP contribution in [0.3, 0.4) is 0 Å². The van der Waals surface area contributed by atoms with Gasteiger partial charge in [-0.2, -0.15) is 5.26 Å². The first-order valence-corrected chi connectivity index (χ1v) is 15.9. The van der Waals surface area contributed by atoms with Gasteiger partial charge in [0.15, 0.2) is 0 Å². The van der Waals surface area contributed by atoms with Crippen LogP contribution in [0.15, 0.2) is 60.7 Å². The van der Waals surface area contributed by atoms with Crippen LogP contribution in [0.4, 0.5) is 10.1 Å². The molecule has 0 aromatic heterocycles. The minimum Gasteiger partial charge on any atom is -0.355 e. The Morgan fingerprint density at radius 2 is 1.55 bits per heavy atom. The number of carbonyl (C=O) groups excluding carboxylic acids is 3. The second kappa shape index (κ2) is 14.1. The molecule has 0 saturated carbocycles. The summed E-state index contributed by atoms with van der Waals surface area (Å²) in [4.78, 5) is 40.2. The normalized spacial score (nSPS) is 16.9. The number of halogens is 1. The van der Waals surface area contributed by atoms with E-state index in [1.807, 2.05) is 31.2 Å². The highest BCUT2D eigenvalue weighted by Gasteiger charge is 2.45. The van der Waals surface area contributed by atoms with Crippen molar-refractivity contribution in [2.24, 2.45) is 0 Å². The summed E-state index contributed by atoms with van der Waals surface area (Å²) in [6, 6.07) is 18.3. The average Bonchev–Trinajstić information content (AvgIpc) is 3.53. The Kier molecular flexibility index (Phi) is 10.0. The Labute approximate surface area is 274 Å². The molecule has 1 unspecified atom stereocenters. The van der Waals surface area contributed by atoms with E-state index in [9.17, 15) is 29.4 Å². The second-order valence-electron chi connectivity index (χ2n) is 12.2. The van der Waals surface area contributed by atoms with Crippen LogP contribution < -0.4 is 21.3 Å². The Hall–Kier alpha value is -5.08. The molecule has 0 bridgehead atoms. The van der Waals surface area contributed by atoms with Crippen LogP contribution in [0.5, 0.6) is 0 Å². The number of carbonyl (C=O) groups is 3. The first-order valence-electron chi connectivity index (χ1n) is 15.9. The fourth-order valence-electron chi connectivity index (χ4n) is 6.89. The molecule has 3 aromatic carbocycles. The van der Waals surface area contributed by atoms with Gasteiger partial charge < -0.3 is 26.2 Å². The molecule has 5 rings (SSSR count). The van der Waals surface area contributed by atoms with E-state index in [-0.39, 0.29) is 36.1 Å². The molecule has 10 nitrogen and oxygen atoms in total. The van der Waals surface area contributed by atoms with Crippen LogP contribution in [0.1, 0.15) is 69.2 Å². The molecule has 3 amide bonds. The zero-order valence-electron chi connectivity index (χ0n) is 26.9. The highest BCUT2D eigenvalue weighted by molar-refractivity contribution is 6.05. The number of benzene rings is 3. The molecule has 1 saturated heterocycles. The van der Waals surface area contributed by atoms with E-state index in [1.54, 1.807) is 43.3 Å². The van der Waals surface area contributed by atoms with Crippen molar-refractivity contribution in [3.63, 3.8) is 0 Å². The summed E-state index contributed by atoms with van der Waals surface area (Å²) >= 11 is 0. The van der Waals surface area contributed by atoms with E-state index in [0.717, 1.165) is 28.7 Å². The zero-order valence-corrected chi connectivity index (χ0v) is 26.9. The highest BCUT2D eigenvalue weighted by atomic mass is 19.1. The second-order valence-corrected chi connectivity index (χ2v) is 12.2. The van der Waals surface area contributed by atoms with Gasteiger partial charge in [-0.25, -0.2) is 4.39 Å². The van der Waals surface area contributed by atoms with Crippen LogP contribution in [0.25, 0.3) is 0 Å². The van der Waals surface area contributed by atoms with Gasteiger partial charge in [-0.15, -0.1) is 0 Å². The third kappa shape index (κ3) is 6.74. The maximum Gasteiger partial charge on any atom is 0.251 e. The van der Waals surface area contributed by atoms with E-state index in [0.29, 0.717) is 49.0 Å². The van der Waals surface area contributed by atoms with Gasteiger partial charge in [-0.3, -0.25) is 19.8 Å². The molecular formula is C36H40FN7O3. The number of aryl methyl sites for hydroxylation is 2. The van der Waals surface area contributed by atoms with E-state index in [2.05, 4.69) is 27.3 Å². The summed E-state index contributed by atoms with van der Waals surface area (Å²) in [5.41, 5.74) is 3.78. The van der Waals surface area contributed by atoms with Crippen molar-refractivity contribution in [2.75, 3.05) is 32.5 Å². The van der Waals surface area contributed by atoms with Crippen molar-refractivity contribution in [2.45, 2.75) is 56.5 Å². The molecule has 1 aliphatic heterocycles. The quantitative estimate of drug-likeness (QED) is 0.177. The summed E-state index contributed by atoms with van der Waals surface area (Å²) in [5, 5.41) is 31.2. The molecule has 5 N–H and O–H groups in total. The van der Waals surface area contributed by atoms with Crippen LogP contribution in [-0.2, 0) is 23.1 Å². The largest absolute Gasteiger partial charge is 0.355 e. The molecule has 1 aliphatic carbocycles. The van der Waals surface area contributed by atoms with Gasteiger partial charge in [0.25, 0.3) is 11.8 Å². The van der Waals surface area contributed by atoms with Crippen molar-refractivity contribution >= 4 is 29.2 Å². The molecule has 1 fully saturated rings. The van der Waals surface area contributed by atoms with Crippen LogP contribution in [0, 0.1) is 22.6 Å². The third-order valence-electron chi connectivity index (χ3n) is 9.25. The minimum atomic E-state index is -1.13. The fraction of sp³-hybridized carbons (Fsp3) is 0.361. The Morgan fingerprint density at radius 1 is 0.979 bits per heavy atom. The number of fused-ring (bicyclic) bond motifs is 2. The number of hydrogen-bond acceptors (Lipinski definition) is 6. The lowest BCUT2D eigenvalue weighted by Crippen LogP contribution is -2.48. The zero-order chi connectivity index (χ0) is 33.7. The number of anilines is 1. The van der Waals surface area contributed by atoms with Gasteiger partial charge in [0, 0.05) is 43.5 Å². The van der Waals surface area contributed by atoms with Crippen LogP contribution in [-0.4, -0.2) is 67.7 Å². The number of nitrogens with zero attached hydrogens (tertiary/aromatic N) is 2.